The normalized spacial score (nSPS) is 20.4. The van der Waals surface area contributed by atoms with E-state index in [0.717, 1.165) is 6.42 Å². The fourth-order valence-corrected chi connectivity index (χ4v) is 2.54. The lowest BCUT2D eigenvalue weighted by molar-refractivity contribution is -0.143. The molecular weight excluding hydrogens is 320 g/mol. The van der Waals surface area contributed by atoms with Crippen molar-refractivity contribution in [3.8, 4) is 0 Å². The van der Waals surface area contributed by atoms with Gasteiger partial charge in [-0.15, -0.1) is 12.4 Å². The molecule has 0 bridgehead atoms. The maximum absolute atomic E-state index is 12.8. The molecule has 1 aliphatic rings. The molecule has 0 spiro atoms. The Morgan fingerprint density at radius 2 is 1.83 bits per heavy atom. The van der Waals surface area contributed by atoms with Gasteiger partial charge in [-0.1, -0.05) is 20.8 Å². The number of carbonyl (C=O) groups excluding carboxylic acids is 3. The average molecular weight is 349 g/mol. The van der Waals surface area contributed by atoms with Gasteiger partial charge in [0, 0.05) is 6.54 Å². The second-order valence-electron chi connectivity index (χ2n) is 6.91. The van der Waals surface area contributed by atoms with E-state index in [1.807, 2.05) is 20.8 Å². The molecule has 1 saturated heterocycles. The van der Waals surface area contributed by atoms with Gasteiger partial charge in [-0.25, -0.2) is 0 Å². The van der Waals surface area contributed by atoms with E-state index in [0.29, 0.717) is 13.0 Å². The van der Waals surface area contributed by atoms with Crippen molar-refractivity contribution < 1.29 is 14.4 Å². The summed E-state index contributed by atoms with van der Waals surface area (Å²) in [5.74, 6) is -0.982. The lowest BCUT2D eigenvalue weighted by atomic mass is 9.85. The van der Waals surface area contributed by atoms with Crippen molar-refractivity contribution in [2.45, 2.75) is 58.7 Å². The molecular formula is C15H29ClN4O3. The van der Waals surface area contributed by atoms with E-state index in [4.69, 9.17) is 5.73 Å². The first kappa shape index (κ1) is 21.7. The maximum Gasteiger partial charge on any atom is 0.246 e. The Morgan fingerprint density at radius 1 is 1.26 bits per heavy atom. The number of nitrogens with one attached hydrogen (secondary N) is 2. The SMILES string of the molecule is CN[C@@H](C)C(=O)N[C@H](C(=O)N1CCCC1C(N)=O)C(C)(C)C.Cl. The highest BCUT2D eigenvalue weighted by molar-refractivity contribution is 5.93. The standard InChI is InChI=1S/C15H28N4O3.ClH/c1-9(17-5)13(21)18-11(15(2,3)4)14(22)19-8-6-7-10(19)12(16)20;/h9-11,17H,6-8H2,1-5H3,(H2,16,20)(H,18,21);1H/t9-,10?,11+;/m0./s1. The lowest BCUT2D eigenvalue weighted by Gasteiger charge is -2.35. The Morgan fingerprint density at radius 3 is 2.26 bits per heavy atom. The summed E-state index contributed by atoms with van der Waals surface area (Å²) in [6, 6.07) is -1.67. The molecule has 0 saturated carbocycles. The molecule has 134 valence electrons. The number of rotatable bonds is 5. The highest BCUT2D eigenvalue weighted by atomic mass is 35.5. The highest BCUT2D eigenvalue weighted by Gasteiger charge is 2.41. The Hall–Kier alpha value is -1.34. The minimum Gasteiger partial charge on any atom is -0.368 e. The maximum atomic E-state index is 12.8. The number of likely N-dealkylation sites (tertiary alicyclic amines) is 1. The van der Waals surface area contributed by atoms with Crippen LogP contribution in [0, 0.1) is 5.41 Å². The molecule has 3 atom stereocenters. The number of amides is 3. The molecule has 0 radical (unpaired) electrons. The lowest BCUT2D eigenvalue weighted by Crippen LogP contribution is -2.59. The summed E-state index contributed by atoms with van der Waals surface area (Å²) in [4.78, 5) is 38.0. The first-order valence-corrected chi connectivity index (χ1v) is 7.67. The van der Waals surface area contributed by atoms with Crippen molar-refractivity contribution in [1.82, 2.24) is 15.5 Å². The third-order valence-corrected chi connectivity index (χ3v) is 4.09. The third-order valence-electron chi connectivity index (χ3n) is 4.09. The number of nitrogens with zero attached hydrogens (tertiary/aromatic N) is 1. The summed E-state index contributed by atoms with van der Waals surface area (Å²) >= 11 is 0. The molecule has 1 heterocycles. The molecule has 1 aliphatic heterocycles. The van der Waals surface area contributed by atoms with Gasteiger partial charge in [0.05, 0.1) is 6.04 Å². The van der Waals surface area contributed by atoms with Crippen molar-refractivity contribution >= 4 is 30.1 Å². The predicted molar refractivity (Wildman–Crippen MR) is 91.1 cm³/mol. The van der Waals surface area contributed by atoms with Gasteiger partial charge in [0.15, 0.2) is 0 Å². The van der Waals surface area contributed by atoms with Gasteiger partial charge in [0.1, 0.15) is 12.1 Å². The van der Waals surface area contributed by atoms with Gasteiger partial charge >= 0.3 is 0 Å². The minimum atomic E-state index is -0.698. The summed E-state index contributed by atoms with van der Waals surface area (Å²) in [6.07, 6.45) is 1.33. The first-order valence-electron chi connectivity index (χ1n) is 7.67. The van der Waals surface area contributed by atoms with Gasteiger partial charge in [-0.2, -0.15) is 0 Å². The van der Waals surface area contributed by atoms with E-state index in [1.165, 1.54) is 4.90 Å². The van der Waals surface area contributed by atoms with Crippen LogP contribution in [0.4, 0.5) is 0 Å². The number of nitrogens with two attached hydrogens (primary N) is 1. The molecule has 0 aromatic rings. The molecule has 0 aliphatic carbocycles. The summed E-state index contributed by atoms with van der Waals surface area (Å²) < 4.78 is 0. The summed E-state index contributed by atoms with van der Waals surface area (Å²) in [5.41, 5.74) is 4.91. The summed E-state index contributed by atoms with van der Waals surface area (Å²) in [5, 5.41) is 5.64. The molecule has 4 N–H and O–H groups in total. The van der Waals surface area contributed by atoms with E-state index in [1.54, 1.807) is 14.0 Å². The third kappa shape index (κ3) is 5.35. The van der Waals surface area contributed by atoms with Crippen LogP contribution in [0.1, 0.15) is 40.5 Å². The molecule has 23 heavy (non-hydrogen) atoms. The van der Waals surface area contributed by atoms with Crippen molar-refractivity contribution in [2.24, 2.45) is 11.1 Å². The van der Waals surface area contributed by atoms with Gasteiger partial charge < -0.3 is 21.3 Å². The van der Waals surface area contributed by atoms with Gasteiger partial charge in [-0.3, -0.25) is 14.4 Å². The van der Waals surface area contributed by atoms with E-state index in [-0.39, 0.29) is 24.2 Å². The van der Waals surface area contributed by atoms with Gasteiger partial charge in [-0.05, 0) is 32.2 Å². The zero-order valence-electron chi connectivity index (χ0n) is 14.5. The van der Waals surface area contributed by atoms with Crippen LogP contribution in [-0.2, 0) is 14.4 Å². The molecule has 1 unspecified atom stereocenters. The molecule has 0 aromatic heterocycles. The van der Waals surface area contributed by atoms with E-state index >= 15 is 0 Å². The quantitative estimate of drug-likeness (QED) is 0.651. The molecule has 3 amide bonds. The Labute approximate surface area is 144 Å². The van der Waals surface area contributed by atoms with E-state index in [9.17, 15) is 14.4 Å². The number of likely N-dealkylation sites (N-methyl/N-ethyl adjacent to an activating group) is 1. The van der Waals surface area contributed by atoms with E-state index in [2.05, 4.69) is 10.6 Å². The van der Waals surface area contributed by atoms with Crippen LogP contribution in [0.3, 0.4) is 0 Å². The number of hydrogen-bond donors (Lipinski definition) is 3. The molecule has 8 heteroatoms. The van der Waals surface area contributed by atoms with Crippen molar-refractivity contribution in [1.29, 1.82) is 0 Å². The Bertz CT molecular complexity index is 450. The van der Waals surface area contributed by atoms with Crippen LogP contribution in [-0.4, -0.2) is 54.3 Å². The predicted octanol–water partition coefficient (Wildman–Crippen LogP) is 0.0233. The van der Waals surface area contributed by atoms with Gasteiger partial charge in [0.25, 0.3) is 0 Å². The Balaban J connectivity index is 0.00000484. The smallest absolute Gasteiger partial charge is 0.246 e. The first-order chi connectivity index (χ1) is 10.1. The van der Waals surface area contributed by atoms with Crippen LogP contribution >= 0.6 is 12.4 Å². The van der Waals surface area contributed by atoms with Crippen LogP contribution in [0.15, 0.2) is 0 Å². The second-order valence-corrected chi connectivity index (χ2v) is 6.91. The van der Waals surface area contributed by atoms with E-state index < -0.39 is 29.4 Å². The summed E-state index contributed by atoms with van der Waals surface area (Å²) in [6.45, 7) is 7.87. The number of primary amides is 1. The highest BCUT2D eigenvalue weighted by Crippen LogP contribution is 2.25. The Kier molecular flexibility index (Phi) is 8.00. The topological polar surface area (TPSA) is 105 Å². The number of halogens is 1. The molecule has 7 nitrogen and oxygen atoms in total. The monoisotopic (exact) mass is 348 g/mol. The van der Waals surface area contributed by atoms with Crippen molar-refractivity contribution in [2.75, 3.05) is 13.6 Å². The number of carbonyl (C=O) groups is 3. The van der Waals surface area contributed by atoms with Crippen molar-refractivity contribution in [3.05, 3.63) is 0 Å². The van der Waals surface area contributed by atoms with Gasteiger partial charge in [0.2, 0.25) is 17.7 Å². The molecule has 1 fully saturated rings. The second kappa shape index (κ2) is 8.49. The largest absolute Gasteiger partial charge is 0.368 e. The minimum absolute atomic E-state index is 0. The zero-order valence-corrected chi connectivity index (χ0v) is 15.3. The fourth-order valence-electron chi connectivity index (χ4n) is 2.54. The van der Waals surface area contributed by atoms with Crippen molar-refractivity contribution in [3.63, 3.8) is 0 Å². The zero-order chi connectivity index (χ0) is 17.1. The van der Waals surface area contributed by atoms with Crippen LogP contribution in [0.25, 0.3) is 0 Å². The fraction of sp³-hybridized carbons (Fsp3) is 0.800. The van der Waals surface area contributed by atoms with Crippen LogP contribution in [0.5, 0.6) is 0 Å². The van der Waals surface area contributed by atoms with Crippen LogP contribution < -0.4 is 16.4 Å². The number of hydrogen-bond acceptors (Lipinski definition) is 4. The van der Waals surface area contributed by atoms with Crippen LogP contribution in [0.2, 0.25) is 0 Å². The average Bonchev–Trinajstić information content (AvgIpc) is 2.91. The molecule has 0 aromatic carbocycles. The summed E-state index contributed by atoms with van der Waals surface area (Å²) in [7, 11) is 1.68. The molecule has 1 rings (SSSR count).